The summed E-state index contributed by atoms with van der Waals surface area (Å²) < 4.78 is 26.6. The predicted octanol–water partition coefficient (Wildman–Crippen LogP) is 1.55. The number of rotatable bonds is 5. The predicted molar refractivity (Wildman–Crippen MR) is 75.8 cm³/mol. The molecule has 0 radical (unpaired) electrons. The van der Waals surface area contributed by atoms with Gasteiger partial charge in [-0.1, -0.05) is 11.6 Å². The number of aromatic carboxylic acids is 1. The number of nitrogens with zero attached hydrogens (tertiary/aromatic N) is 1. The van der Waals surface area contributed by atoms with Crippen molar-refractivity contribution in [2.24, 2.45) is 0 Å². The van der Waals surface area contributed by atoms with E-state index in [9.17, 15) is 13.2 Å². The van der Waals surface area contributed by atoms with Crippen LogP contribution < -0.4 is 4.72 Å². The summed E-state index contributed by atoms with van der Waals surface area (Å²) in [5.74, 6) is -1.22. The molecule has 0 amide bonds. The van der Waals surface area contributed by atoms with Gasteiger partial charge >= 0.3 is 5.97 Å². The van der Waals surface area contributed by atoms with Crippen LogP contribution in [0.25, 0.3) is 0 Å². The normalized spacial score (nSPS) is 11.5. The van der Waals surface area contributed by atoms with Crippen molar-refractivity contribution >= 4 is 27.6 Å². The first-order valence-electron chi connectivity index (χ1n) is 5.82. The summed E-state index contributed by atoms with van der Waals surface area (Å²) in [4.78, 5) is 10.7. The van der Waals surface area contributed by atoms with Gasteiger partial charge in [0, 0.05) is 17.8 Å². The first kappa shape index (κ1) is 15.5. The zero-order valence-electron chi connectivity index (χ0n) is 10.9. The number of aromatic nitrogens is 2. The fourth-order valence-electron chi connectivity index (χ4n) is 1.65. The molecule has 0 aliphatic heterocycles. The molecule has 0 fully saturated rings. The lowest BCUT2D eigenvalue weighted by atomic mass is 10.2. The fourth-order valence-corrected chi connectivity index (χ4v) is 3.00. The molecule has 1 aromatic heterocycles. The highest BCUT2D eigenvalue weighted by Gasteiger charge is 2.18. The highest BCUT2D eigenvalue weighted by Crippen LogP contribution is 2.21. The molecule has 2 rings (SSSR count). The Labute approximate surface area is 126 Å². The van der Waals surface area contributed by atoms with Crippen LogP contribution in [0.3, 0.4) is 0 Å². The number of aryl methyl sites for hydroxylation is 1. The van der Waals surface area contributed by atoms with Gasteiger partial charge in [0.05, 0.1) is 21.7 Å². The van der Waals surface area contributed by atoms with Gasteiger partial charge in [-0.3, -0.25) is 5.10 Å². The molecule has 7 nitrogen and oxygen atoms in total. The minimum atomic E-state index is -3.79. The summed E-state index contributed by atoms with van der Waals surface area (Å²) in [5, 5.41) is 15.2. The van der Waals surface area contributed by atoms with Crippen LogP contribution in [-0.2, 0) is 16.6 Å². The first-order valence-corrected chi connectivity index (χ1v) is 7.69. The molecule has 0 atom stereocenters. The van der Waals surface area contributed by atoms with Gasteiger partial charge in [-0.2, -0.15) is 5.10 Å². The molecule has 112 valence electrons. The van der Waals surface area contributed by atoms with E-state index in [1.54, 1.807) is 6.92 Å². The molecular weight excluding hydrogens is 318 g/mol. The second-order valence-electron chi connectivity index (χ2n) is 4.29. The second kappa shape index (κ2) is 5.84. The van der Waals surface area contributed by atoms with Crippen LogP contribution in [0, 0.1) is 6.92 Å². The highest BCUT2D eigenvalue weighted by atomic mass is 35.5. The van der Waals surface area contributed by atoms with Crippen molar-refractivity contribution in [1.82, 2.24) is 14.9 Å². The Balaban J connectivity index is 2.22. The molecule has 0 unspecified atom stereocenters. The zero-order valence-corrected chi connectivity index (χ0v) is 12.5. The Hall–Kier alpha value is -1.90. The molecule has 3 N–H and O–H groups in total. The number of hydrogen-bond donors (Lipinski definition) is 3. The van der Waals surface area contributed by atoms with Gasteiger partial charge in [0.15, 0.2) is 0 Å². The Morgan fingerprint density at radius 2 is 2.19 bits per heavy atom. The van der Waals surface area contributed by atoms with Crippen LogP contribution in [0.5, 0.6) is 0 Å². The van der Waals surface area contributed by atoms with E-state index in [-0.39, 0.29) is 22.0 Å². The van der Waals surface area contributed by atoms with Crippen LogP contribution in [0.2, 0.25) is 5.02 Å². The van der Waals surface area contributed by atoms with E-state index in [0.717, 1.165) is 17.8 Å². The summed E-state index contributed by atoms with van der Waals surface area (Å²) in [6, 6.07) is 3.46. The minimum absolute atomic E-state index is 0.0724. The number of hydrogen-bond acceptors (Lipinski definition) is 4. The molecule has 0 aliphatic carbocycles. The highest BCUT2D eigenvalue weighted by molar-refractivity contribution is 7.89. The molecule has 0 aliphatic rings. The fraction of sp³-hybridized carbons (Fsp3) is 0.167. The van der Waals surface area contributed by atoms with Crippen molar-refractivity contribution in [3.8, 4) is 0 Å². The van der Waals surface area contributed by atoms with Crippen molar-refractivity contribution in [1.29, 1.82) is 0 Å². The lowest BCUT2D eigenvalue weighted by Crippen LogP contribution is -2.23. The molecule has 0 saturated heterocycles. The molecule has 0 spiro atoms. The third-order valence-corrected chi connectivity index (χ3v) is 4.58. The third kappa shape index (κ3) is 3.41. The molecular formula is C12H12ClN3O4S. The molecule has 0 bridgehead atoms. The van der Waals surface area contributed by atoms with Crippen molar-refractivity contribution < 1.29 is 18.3 Å². The van der Waals surface area contributed by atoms with Crippen LogP contribution in [0.1, 0.15) is 21.6 Å². The van der Waals surface area contributed by atoms with E-state index in [1.807, 2.05) is 0 Å². The summed E-state index contributed by atoms with van der Waals surface area (Å²) >= 11 is 5.77. The Kier molecular flexibility index (Phi) is 4.31. The van der Waals surface area contributed by atoms with Crippen molar-refractivity contribution in [3.63, 3.8) is 0 Å². The molecule has 21 heavy (non-hydrogen) atoms. The van der Waals surface area contributed by atoms with Gasteiger partial charge in [-0.05, 0) is 25.1 Å². The monoisotopic (exact) mass is 329 g/mol. The maximum atomic E-state index is 12.1. The Bertz CT molecular complexity index is 786. The summed E-state index contributed by atoms with van der Waals surface area (Å²) in [5.41, 5.74) is 1.32. The van der Waals surface area contributed by atoms with E-state index in [4.69, 9.17) is 16.7 Å². The Morgan fingerprint density at radius 1 is 1.48 bits per heavy atom. The molecule has 0 saturated carbocycles. The second-order valence-corrected chi connectivity index (χ2v) is 6.47. The van der Waals surface area contributed by atoms with Crippen LogP contribution in [0.4, 0.5) is 0 Å². The van der Waals surface area contributed by atoms with Gasteiger partial charge < -0.3 is 5.11 Å². The van der Waals surface area contributed by atoms with E-state index < -0.39 is 16.0 Å². The molecule has 1 heterocycles. The van der Waals surface area contributed by atoms with Gasteiger partial charge in [-0.25, -0.2) is 17.9 Å². The zero-order chi connectivity index (χ0) is 15.6. The topological polar surface area (TPSA) is 112 Å². The van der Waals surface area contributed by atoms with E-state index >= 15 is 0 Å². The number of carboxylic acid groups (broad SMARTS) is 1. The van der Waals surface area contributed by atoms with E-state index in [2.05, 4.69) is 14.9 Å². The average molecular weight is 330 g/mol. The number of sulfonamides is 1. The number of carbonyl (C=O) groups is 1. The summed E-state index contributed by atoms with van der Waals surface area (Å²) in [6.45, 7) is 1.85. The average Bonchev–Trinajstić information content (AvgIpc) is 2.81. The van der Waals surface area contributed by atoms with Crippen molar-refractivity contribution in [2.45, 2.75) is 18.4 Å². The van der Waals surface area contributed by atoms with Crippen LogP contribution >= 0.6 is 11.6 Å². The number of aromatic amines is 1. The first-order chi connectivity index (χ1) is 9.81. The number of H-pyrrole nitrogens is 1. The quantitative estimate of drug-likeness (QED) is 0.770. The molecule has 9 heteroatoms. The van der Waals surface area contributed by atoms with Crippen molar-refractivity contribution in [2.75, 3.05) is 0 Å². The van der Waals surface area contributed by atoms with Crippen molar-refractivity contribution in [3.05, 3.63) is 46.2 Å². The molecule has 2 aromatic rings. The minimum Gasteiger partial charge on any atom is -0.478 e. The maximum Gasteiger partial charge on any atom is 0.337 e. The number of halogens is 1. The van der Waals surface area contributed by atoms with Gasteiger partial charge in [0.1, 0.15) is 0 Å². The Morgan fingerprint density at radius 3 is 2.71 bits per heavy atom. The smallest absolute Gasteiger partial charge is 0.337 e. The summed E-state index contributed by atoms with van der Waals surface area (Å²) in [6.07, 6.45) is 1.53. The van der Waals surface area contributed by atoms with E-state index in [0.29, 0.717) is 5.56 Å². The lowest BCUT2D eigenvalue weighted by molar-refractivity contribution is 0.0697. The standard InChI is InChI=1S/C12H12ClN3O4S/c1-7-8(5-14-16-7)6-15-21(19,20)9-2-3-10(12(17)18)11(13)4-9/h2-5,15H,6H2,1H3,(H,14,16)(H,17,18). The third-order valence-electron chi connectivity index (χ3n) is 2.87. The lowest BCUT2D eigenvalue weighted by Gasteiger charge is -2.07. The molecule has 1 aromatic carbocycles. The SMILES string of the molecule is Cc1[nH]ncc1CNS(=O)(=O)c1ccc(C(=O)O)c(Cl)c1. The number of benzene rings is 1. The number of nitrogens with one attached hydrogen (secondary N) is 2. The van der Waals surface area contributed by atoms with E-state index in [1.165, 1.54) is 12.3 Å². The number of carboxylic acids is 1. The van der Waals surface area contributed by atoms with Gasteiger partial charge in [0.2, 0.25) is 10.0 Å². The largest absolute Gasteiger partial charge is 0.478 e. The summed E-state index contributed by atoms with van der Waals surface area (Å²) in [7, 11) is -3.79. The van der Waals surface area contributed by atoms with Gasteiger partial charge in [-0.15, -0.1) is 0 Å². The maximum absolute atomic E-state index is 12.1. The van der Waals surface area contributed by atoms with Crippen LogP contribution in [0.15, 0.2) is 29.3 Å². The van der Waals surface area contributed by atoms with Gasteiger partial charge in [0.25, 0.3) is 0 Å². The van der Waals surface area contributed by atoms with Crippen LogP contribution in [-0.4, -0.2) is 29.7 Å².